The van der Waals surface area contributed by atoms with Crippen molar-refractivity contribution in [2.75, 3.05) is 17.7 Å². The lowest BCUT2D eigenvalue weighted by Gasteiger charge is -2.30. The van der Waals surface area contributed by atoms with Crippen LogP contribution in [-0.2, 0) is 10.0 Å². The Morgan fingerprint density at radius 3 is 2.25 bits per heavy atom. The molecule has 0 unspecified atom stereocenters. The van der Waals surface area contributed by atoms with Crippen LogP contribution in [0.15, 0.2) is 23.1 Å². The number of anilines is 2. The second-order valence-corrected chi connectivity index (χ2v) is 7.08. The van der Waals surface area contributed by atoms with E-state index in [-0.39, 0.29) is 4.90 Å². The summed E-state index contributed by atoms with van der Waals surface area (Å²) in [5.74, 6) is 0. The normalized spacial score (nSPS) is 17.7. The average Bonchev–Trinajstić information content (AvgIpc) is 2.65. The Hall–Kier alpha value is -1.27. The van der Waals surface area contributed by atoms with Crippen LogP contribution >= 0.6 is 0 Å². The minimum atomic E-state index is -3.70. The van der Waals surface area contributed by atoms with Gasteiger partial charge in [-0.3, -0.25) is 0 Å². The zero-order chi connectivity index (χ0) is 14.8. The molecule has 0 atom stereocenters. The highest BCUT2D eigenvalue weighted by molar-refractivity contribution is 7.89. The van der Waals surface area contributed by atoms with Crippen LogP contribution in [0.25, 0.3) is 0 Å². The molecule has 1 fully saturated rings. The summed E-state index contributed by atoms with van der Waals surface area (Å²) >= 11 is 0. The Kier molecular flexibility index (Phi) is 4.55. The van der Waals surface area contributed by atoms with Crippen molar-refractivity contribution in [3.05, 3.63) is 18.2 Å². The van der Waals surface area contributed by atoms with E-state index in [1.165, 1.54) is 37.8 Å². The SMILES string of the molecule is CN(c1ccc(S(N)(=O)=O)cc1N)C1CCCCCC1. The van der Waals surface area contributed by atoms with Gasteiger partial charge in [-0.25, -0.2) is 13.6 Å². The third-order valence-electron chi connectivity index (χ3n) is 4.08. The van der Waals surface area contributed by atoms with Crippen molar-refractivity contribution < 1.29 is 8.42 Å². The van der Waals surface area contributed by atoms with Gasteiger partial charge in [-0.15, -0.1) is 0 Å². The predicted molar refractivity (Wildman–Crippen MR) is 82.1 cm³/mol. The summed E-state index contributed by atoms with van der Waals surface area (Å²) in [5.41, 5.74) is 7.34. The number of nitrogen functional groups attached to an aromatic ring is 1. The summed E-state index contributed by atoms with van der Waals surface area (Å²) in [6.45, 7) is 0. The number of hydrogen-bond acceptors (Lipinski definition) is 4. The van der Waals surface area contributed by atoms with Crippen LogP contribution in [0.4, 0.5) is 11.4 Å². The summed E-state index contributed by atoms with van der Waals surface area (Å²) in [6.07, 6.45) is 7.39. The van der Waals surface area contributed by atoms with E-state index in [4.69, 9.17) is 10.9 Å². The lowest BCUT2D eigenvalue weighted by Crippen LogP contribution is -2.31. The number of rotatable bonds is 3. The Morgan fingerprint density at radius 2 is 1.75 bits per heavy atom. The molecule has 0 radical (unpaired) electrons. The van der Waals surface area contributed by atoms with Gasteiger partial charge >= 0.3 is 0 Å². The number of nitrogens with two attached hydrogens (primary N) is 2. The molecule has 5 nitrogen and oxygen atoms in total. The van der Waals surface area contributed by atoms with E-state index in [2.05, 4.69) is 4.90 Å². The molecule has 20 heavy (non-hydrogen) atoms. The van der Waals surface area contributed by atoms with Crippen LogP contribution < -0.4 is 15.8 Å². The third-order valence-corrected chi connectivity index (χ3v) is 4.99. The summed E-state index contributed by atoms with van der Waals surface area (Å²) in [4.78, 5) is 2.24. The lowest BCUT2D eigenvalue weighted by atomic mass is 10.1. The number of benzene rings is 1. The van der Waals surface area contributed by atoms with Crippen molar-refractivity contribution in [1.29, 1.82) is 0 Å². The Bertz CT molecular complexity index is 564. The fourth-order valence-corrected chi connectivity index (χ4v) is 3.42. The number of primary sulfonamides is 1. The molecule has 4 N–H and O–H groups in total. The molecule has 0 aliphatic heterocycles. The maximum Gasteiger partial charge on any atom is 0.238 e. The van der Waals surface area contributed by atoms with E-state index in [9.17, 15) is 8.42 Å². The van der Waals surface area contributed by atoms with Crippen molar-refractivity contribution >= 4 is 21.4 Å². The van der Waals surface area contributed by atoms with Gasteiger partial charge in [0.2, 0.25) is 10.0 Å². The molecule has 0 saturated heterocycles. The lowest BCUT2D eigenvalue weighted by molar-refractivity contribution is 0.553. The van der Waals surface area contributed by atoms with Crippen molar-refractivity contribution in [3.63, 3.8) is 0 Å². The van der Waals surface area contributed by atoms with Gasteiger partial charge in [0.25, 0.3) is 0 Å². The Labute approximate surface area is 121 Å². The van der Waals surface area contributed by atoms with Gasteiger partial charge < -0.3 is 10.6 Å². The summed E-state index contributed by atoms with van der Waals surface area (Å²) in [6, 6.07) is 5.19. The van der Waals surface area contributed by atoms with Gasteiger partial charge in [-0.05, 0) is 31.0 Å². The van der Waals surface area contributed by atoms with Crippen molar-refractivity contribution in [2.45, 2.75) is 49.5 Å². The van der Waals surface area contributed by atoms with Gasteiger partial charge in [0, 0.05) is 13.1 Å². The molecular formula is C14H23N3O2S. The number of nitrogens with zero attached hydrogens (tertiary/aromatic N) is 1. The topological polar surface area (TPSA) is 89.4 Å². The van der Waals surface area contributed by atoms with Crippen LogP contribution in [0.5, 0.6) is 0 Å². The van der Waals surface area contributed by atoms with Gasteiger partial charge in [0.1, 0.15) is 0 Å². The average molecular weight is 297 g/mol. The van der Waals surface area contributed by atoms with E-state index in [0.717, 1.165) is 18.5 Å². The van der Waals surface area contributed by atoms with E-state index >= 15 is 0 Å². The van der Waals surface area contributed by atoms with Crippen LogP contribution in [0.2, 0.25) is 0 Å². The maximum absolute atomic E-state index is 11.3. The summed E-state index contributed by atoms with van der Waals surface area (Å²) in [5, 5.41) is 5.12. The fraction of sp³-hybridized carbons (Fsp3) is 0.571. The largest absolute Gasteiger partial charge is 0.397 e. The molecule has 1 aromatic rings. The molecule has 1 aliphatic rings. The van der Waals surface area contributed by atoms with Crippen molar-refractivity contribution in [2.24, 2.45) is 5.14 Å². The molecule has 1 saturated carbocycles. The summed E-state index contributed by atoms with van der Waals surface area (Å²) in [7, 11) is -1.67. The first-order chi connectivity index (χ1) is 9.39. The van der Waals surface area contributed by atoms with Crippen molar-refractivity contribution in [1.82, 2.24) is 0 Å². The molecule has 112 valence electrons. The minimum absolute atomic E-state index is 0.0630. The molecule has 0 heterocycles. The van der Waals surface area contributed by atoms with Crippen LogP contribution in [-0.4, -0.2) is 21.5 Å². The standard InChI is InChI=1S/C14H23N3O2S/c1-17(11-6-4-2-3-5-7-11)14-9-8-12(10-13(14)15)20(16,18)19/h8-11H,2-7,15H2,1H3,(H2,16,18,19). The molecule has 1 aliphatic carbocycles. The Morgan fingerprint density at radius 1 is 1.15 bits per heavy atom. The van der Waals surface area contributed by atoms with Crippen LogP contribution in [0.1, 0.15) is 38.5 Å². The van der Waals surface area contributed by atoms with Crippen LogP contribution in [0.3, 0.4) is 0 Å². The summed E-state index contributed by atoms with van der Waals surface area (Å²) < 4.78 is 22.6. The smallest absolute Gasteiger partial charge is 0.238 e. The van der Waals surface area contributed by atoms with Gasteiger partial charge in [-0.1, -0.05) is 25.7 Å². The maximum atomic E-state index is 11.3. The first-order valence-corrected chi connectivity index (χ1v) is 8.59. The number of sulfonamides is 1. The van der Waals surface area contributed by atoms with Gasteiger partial charge in [-0.2, -0.15) is 0 Å². The number of hydrogen-bond donors (Lipinski definition) is 2. The monoisotopic (exact) mass is 297 g/mol. The zero-order valence-corrected chi connectivity index (χ0v) is 12.7. The van der Waals surface area contributed by atoms with Crippen LogP contribution in [0, 0.1) is 0 Å². The molecule has 1 aromatic carbocycles. The molecule has 2 rings (SSSR count). The molecule has 0 spiro atoms. The zero-order valence-electron chi connectivity index (χ0n) is 11.9. The molecule has 0 aromatic heterocycles. The van der Waals surface area contributed by atoms with E-state index in [0.29, 0.717) is 11.7 Å². The Balaban J connectivity index is 2.23. The second kappa shape index (κ2) is 6.01. The third kappa shape index (κ3) is 3.43. The van der Waals surface area contributed by atoms with Crippen molar-refractivity contribution in [3.8, 4) is 0 Å². The quantitative estimate of drug-likeness (QED) is 0.660. The van der Waals surface area contributed by atoms with Gasteiger partial charge in [0.05, 0.1) is 16.3 Å². The highest BCUT2D eigenvalue weighted by Crippen LogP contribution is 2.30. The molecule has 6 heteroatoms. The molecule has 0 amide bonds. The first kappa shape index (κ1) is 15.1. The molecule has 0 bridgehead atoms. The highest BCUT2D eigenvalue weighted by atomic mass is 32.2. The minimum Gasteiger partial charge on any atom is -0.397 e. The van der Waals surface area contributed by atoms with Gasteiger partial charge in [0.15, 0.2) is 0 Å². The van der Waals surface area contributed by atoms with E-state index < -0.39 is 10.0 Å². The highest BCUT2D eigenvalue weighted by Gasteiger charge is 2.20. The predicted octanol–water partition coefficient (Wildman–Crippen LogP) is 2.08. The van der Waals surface area contributed by atoms with E-state index in [1.54, 1.807) is 6.07 Å². The first-order valence-electron chi connectivity index (χ1n) is 7.05. The second-order valence-electron chi connectivity index (χ2n) is 5.52. The molecular weight excluding hydrogens is 274 g/mol. The van der Waals surface area contributed by atoms with E-state index in [1.807, 2.05) is 7.05 Å². The fourth-order valence-electron chi connectivity index (χ4n) is 2.87.